The van der Waals surface area contributed by atoms with Gasteiger partial charge in [-0.1, -0.05) is 12.1 Å². The zero-order valence-corrected chi connectivity index (χ0v) is 16.2. The van der Waals surface area contributed by atoms with Crippen LogP contribution in [-0.2, 0) is 22.8 Å². The molecule has 0 fully saturated rings. The van der Waals surface area contributed by atoms with Crippen LogP contribution in [0.4, 0.5) is 4.39 Å². The van der Waals surface area contributed by atoms with E-state index < -0.39 is 9.84 Å². The maximum atomic E-state index is 13.2. The van der Waals surface area contributed by atoms with E-state index in [0.29, 0.717) is 17.9 Å². The van der Waals surface area contributed by atoms with Gasteiger partial charge in [-0.15, -0.1) is 11.3 Å². The maximum Gasteiger partial charge on any atom is 0.175 e. The lowest BCUT2D eigenvalue weighted by Gasteiger charge is -2.11. The number of halogens is 1. The first kappa shape index (κ1) is 17.9. The quantitative estimate of drug-likeness (QED) is 0.502. The monoisotopic (exact) mass is 400 g/mol. The van der Waals surface area contributed by atoms with Gasteiger partial charge in [0, 0.05) is 47.4 Å². The Hall–Kier alpha value is -2.51. The van der Waals surface area contributed by atoms with Crippen molar-refractivity contribution in [3.63, 3.8) is 0 Å². The van der Waals surface area contributed by atoms with Crippen molar-refractivity contribution in [2.75, 3.05) is 6.26 Å². The highest BCUT2D eigenvalue weighted by Crippen LogP contribution is 2.26. The molecule has 0 aliphatic heterocycles. The summed E-state index contributed by atoms with van der Waals surface area (Å²) in [4.78, 5) is 4.66. The first-order chi connectivity index (χ1) is 12.9. The second kappa shape index (κ2) is 6.90. The van der Waals surface area contributed by atoms with Gasteiger partial charge in [-0.05, 0) is 42.0 Å². The lowest BCUT2D eigenvalue weighted by Crippen LogP contribution is -2.05. The predicted molar refractivity (Wildman–Crippen MR) is 105 cm³/mol. The van der Waals surface area contributed by atoms with E-state index in [9.17, 15) is 12.8 Å². The summed E-state index contributed by atoms with van der Waals surface area (Å²) in [7, 11) is -3.27. The van der Waals surface area contributed by atoms with Crippen molar-refractivity contribution in [3.05, 3.63) is 82.2 Å². The van der Waals surface area contributed by atoms with Crippen LogP contribution in [-0.4, -0.2) is 24.2 Å². The molecule has 2 aromatic heterocycles. The van der Waals surface area contributed by atoms with Crippen molar-refractivity contribution < 1.29 is 12.8 Å². The van der Waals surface area contributed by atoms with Crippen molar-refractivity contribution >= 4 is 32.1 Å². The first-order valence-electron chi connectivity index (χ1n) is 8.35. The smallest absolute Gasteiger partial charge is 0.175 e. The number of hydrogen-bond acceptors (Lipinski definition) is 4. The molecule has 0 saturated carbocycles. The van der Waals surface area contributed by atoms with Gasteiger partial charge in [-0.3, -0.25) is 0 Å². The fourth-order valence-electron chi connectivity index (χ4n) is 3.14. The Bertz CT molecular complexity index is 1200. The molecule has 4 rings (SSSR count). The first-order valence-corrected chi connectivity index (χ1v) is 11.1. The lowest BCUT2D eigenvalue weighted by molar-refractivity contribution is 0.602. The van der Waals surface area contributed by atoms with E-state index in [4.69, 9.17) is 0 Å². The normalized spacial score (nSPS) is 11.9. The summed E-state index contributed by atoms with van der Waals surface area (Å²) in [5, 5.41) is 3.79. The summed E-state index contributed by atoms with van der Waals surface area (Å²) in [5.41, 5.74) is 2.95. The van der Waals surface area contributed by atoms with Crippen molar-refractivity contribution in [2.45, 2.75) is 17.9 Å². The van der Waals surface area contributed by atoms with Gasteiger partial charge in [0.05, 0.1) is 9.90 Å². The van der Waals surface area contributed by atoms with Crippen LogP contribution in [0.25, 0.3) is 10.9 Å². The van der Waals surface area contributed by atoms with Gasteiger partial charge in [0.25, 0.3) is 0 Å². The van der Waals surface area contributed by atoms with E-state index in [1.165, 1.54) is 18.4 Å². The second-order valence-corrected chi connectivity index (χ2v) is 9.44. The van der Waals surface area contributed by atoms with Crippen molar-refractivity contribution in [3.8, 4) is 0 Å². The van der Waals surface area contributed by atoms with Crippen LogP contribution < -0.4 is 0 Å². The summed E-state index contributed by atoms with van der Waals surface area (Å²) >= 11 is 1.58. The Morgan fingerprint density at radius 1 is 1.11 bits per heavy atom. The van der Waals surface area contributed by atoms with Crippen molar-refractivity contribution in [1.82, 2.24) is 9.55 Å². The molecule has 0 spiro atoms. The molecule has 2 aromatic carbocycles. The average molecular weight is 401 g/mol. The Kier molecular flexibility index (Phi) is 4.57. The largest absolute Gasteiger partial charge is 0.340 e. The third-order valence-corrected chi connectivity index (χ3v) is 6.35. The van der Waals surface area contributed by atoms with E-state index in [-0.39, 0.29) is 5.82 Å². The summed E-state index contributed by atoms with van der Waals surface area (Å²) in [6.45, 7) is 0.572. The van der Waals surface area contributed by atoms with E-state index in [1.54, 1.807) is 41.8 Å². The molecule has 4 nitrogen and oxygen atoms in total. The molecule has 0 unspecified atom stereocenters. The Morgan fingerprint density at radius 3 is 2.56 bits per heavy atom. The number of thiazole rings is 1. The van der Waals surface area contributed by atoms with E-state index >= 15 is 0 Å². The predicted octanol–water partition coefficient (Wildman–Crippen LogP) is 4.28. The highest BCUT2D eigenvalue weighted by molar-refractivity contribution is 7.90. The molecule has 0 aliphatic carbocycles. The second-order valence-electron chi connectivity index (χ2n) is 6.44. The van der Waals surface area contributed by atoms with Gasteiger partial charge >= 0.3 is 0 Å². The summed E-state index contributed by atoms with van der Waals surface area (Å²) in [6, 6.07) is 13.6. The molecule has 0 N–H and O–H groups in total. The van der Waals surface area contributed by atoms with E-state index in [0.717, 1.165) is 27.2 Å². The molecule has 0 bridgehead atoms. The molecule has 138 valence electrons. The SMILES string of the molecule is CS(=O)(=O)c1ccc2c(c1)cc(Cc1nccs1)n2Cc1ccc(F)cc1. The number of sulfone groups is 1. The zero-order chi connectivity index (χ0) is 19.0. The number of rotatable bonds is 5. The van der Waals surface area contributed by atoms with Crippen LogP contribution >= 0.6 is 11.3 Å². The molecule has 0 atom stereocenters. The van der Waals surface area contributed by atoms with Crippen LogP contribution in [0.2, 0.25) is 0 Å². The van der Waals surface area contributed by atoms with Crippen LogP contribution in [0.3, 0.4) is 0 Å². The Labute approximate surface area is 160 Å². The molecule has 2 heterocycles. The number of benzene rings is 2. The summed E-state index contributed by atoms with van der Waals surface area (Å²) < 4.78 is 39.2. The molecule has 4 aromatic rings. The number of aromatic nitrogens is 2. The third kappa shape index (κ3) is 3.79. The number of fused-ring (bicyclic) bond motifs is 1. The molecule has 27 heavy (non-hydrogen) atoms. The highest BCUT2D eigenvalue weighted by Gasteiger charge is 2.14. The summed E-state index contributed by atoms with van der Waals surface area (Å²) in [5.74, 6) is -0.267. The zero-order valence-electron chi connectivity index (χ0n) is 14.6. The fourth-order valence-corrected chi connectivity index (χ4v) is 4.43. The van der Waals surface area contributed by atoms with Crippen LogP contribution in [0, 0.1) is 5.82 Å². The van der Waals surface area contributed by atoms with E-state index in [1.807, 2.05) is 17.5 Å². The Balaban J connectivity index is 1.83. The molecule has 0 amide bonds. The average Bonchev–Trinajstić information content (AvgIpc) is 3.24. The number of nitrogens with zero attached hydrogens (tertiary/aromatic N) is 2. The lowest BCUT2D eigenvalue weighted by atomic mass is 10.2. The maximum absolute atomic E-state index is 13.2. The molecule has 7 heteroatoms. The van der Waals surface area contributed by atoms with Gasteiger partial charge in [-0.2, -0.15) is 0 Å². The molecular weight excluding hydrogens is 383 g/mol. The van der Waals surface area contributed by atoms with E-state index in [2.05, 4.69) is 9.55 Å². The van der Waals surface area contributed by atoms with Gasteiger partial charge in [0.15, 0.2) is 9.84 Å². The minimum Gasteiger partial charge on any atom is -0.340 e. The van der Waals surface area contributed by atoms with Crippen molar-refractivity contribution in [1.29, 1.82) is 0 Å². The van der Waals surface area contributed by atoms with Gasteiger partial charge < -0.3 is 4.57 Å². The summed E-state index contributed by atoms with van der Waals surface area (Å²) in [6.07, 6.45) is 3.64. The fraction of sp³-hybridized carbons (Fsp3) is 0.150. The Morgan fingerprint density at radius 2 is 1.89 bits per heavy atom. The number of hydrogen-bond donors (Lipinski definition) is 0. The highest BCUT2D eigenvalue weighted by atomic mass is 32.2. The standard InChI is InChI=1S/C20H17FN2O2S2/c1-27(24,25)18-6-7-19-15(11-18)10-17(12-20-22-8-9-26-20)23(19)13-14-2-4-16(21)5-3-14/h2-11H,12-13H2,1H3. The van der Waals surface area contributed by atoms with Crippen LogP contribution in [0.5, 0.6) is 0 Å². The van der Waals surface area contributed by atoms with Crippen LogP contribution in [0.15, 0.2) is 65.0 Å². The minimum atomic E-state index is -3.27. The van der Waals surface area contributed by atoms with Crippen LogP contribution in [0.1, 0.15) is 16.3 Å². The molecule has 0 radical (unpaired) electrons. The van der Waals surface area contributed by atoms with Crippen molar-refractivity contribution in [2.24, 2.45) is 0 Å². The molecule has 0 aliphatic rings. The molecule has 0 saturated heterocycles. The molecular formula is C20H17FN2O2S2. The van der Waals surface area contributed by atoms with Gasteiger partial charge in [-0.25, -0.2) is 17.8 Å². The van der Waals surface area contributed by atoms with Gasteiger partial charge in [0.2, 0.25) is 0 Å². The minimum absolute atomic E-state index is 0.267. The topological polar surface area (TPSA) is 52.0 Å². The third-order valence-electron chi connectivity index (χ3n) is 4.46. The van der Waals surface area contributed by atoms with Gasteiger partial charge in [0.1, 0.15) is 5.82 Å².